The summed E-state index contributed by atoms with van der Waals surface area (Å²) in [7, 11) is 1.75. The first-order valence-corrected chi connectivity index (χ1v) is 7.17. The molecule has 0 bridgehead atoms. The molecule has 0 aromatic heterocycles. The van der Waals surface area contributed by atoms with Crippen LogP contribution in [0.3, 0.4) is 0 Å². The minimum atomic E-state index is 0.661. The van der Waals surface area contributed by atoms with Crippen LogP contribution in [-0.4, -0.2) is 19.7 Å². The number of ether oxygens (including phenoxy) is 1. The van der Waals surface area contributed by atoms with Crippen LogP contribution in [0.4, 0.5) is 0 Å². The summed E-state index contributed by atoms with van der Waals surface area (Å²) < 4.78 is 5.33. The van der Waals surface area contributed by atoms with Gasteiger partial charge in [-0.25, -0.2) is 0 Å². The van der Waals surface area contributed by atoms with Gasteiger partial charge in [-0.15, -0.1) is 0 Å². The molecule has 0 aliphatic heterocycles. The number of aryl methyl sites for hydroxylation is 1. The summed E-state index contributed by atoms with van der Waals surface area (Å²) in [6.07, 6.45) is 4.94. The molecule has 0 heterocycles. The standard InChI is InChI=1S/C16H25NO/c1-4-16(17-5-2)13-7-6-12-8-9-15(18-3)11-14(12)10-13/h8-9,11,13,16-17H,4-7,10H2,1-3H3. The second-order valence-corrected chi connectivity index (χ2v) is 5.21. The first kappa shape index (κ1) is 13.4. The van der Waals surface area contributed by atoms with Crippen molar-refractivity contribution in [1.82, 2.24) is 5.32 Å². The summed E-state index contributed by atoms with van der Waals surface area (Å²) in [6.45, 7) is 5.55. The van der Waals surface area contributed by atoms with E-state index in [1.165, 1.54) is 36.8 Å². The summed E-state index contributed by atoms with van der Waals surface area (Å²) in [5.74, 6) is 1.76. The van der Waals surface area contributed by atoms with Gasteiger partial charge in [-0.3, -0.25) is 0 Å². The summed E-state index contributed by atoms with van der Waals surface area (Å²) in [4.78, 5) is 0. The molecule has 0 saturated carbocycles. The summed E-state index contributed by atoms with van der Waals surface area (Å²) in [5.41, 5.74) is 3.00. The van der Waals surface area contributed by atoms with Gasteiger partial charge in [-0.05, 0) is 61.4 Å². The molecule has 100 valence electrons. The van der Waals surface area contributed by atoms with Crippen LogP contribution in [0.15, 0.2) is 18.2 Å². The van der Waals surface area contributed by atoms with E-state index in [0.717, 1.165) is 18.2 Å². The Balaban J connectivity index is 2.12. The molecular formula is C16H25NO. The van der Waals surface area contributed by atoms with Gasteiger partial charge < -0.3 is 10.1 Å². The molecule has 2 atom stereocenters. The first-order valence-electron chi connectivity index (χ1n) is 7.17. The molecule has 1 N–H and O–H groups in total. The molecule has 18 heavy (non-hydrogen) atoms. The lowest BCUT2D eigenvalue weighted by Crippen LogP contribution is -2.38. The van der Waals surface area contributed by atoms with Crippen LogP contribution in [0, 0.1) is 5.92 Å². The van der Waals surface area contributed by atoms with Gasteiger partial charge in [0.25, 0.3) is 0 Å². The third-order valence-electron chi connectivity index (χ3n) is 4.16. The monoisotopic (exact) mass is 247 g/mol. The fraction of sp³-hybridized carbons (Fsp3) is 0.625. The molecule has 1 aliphatic carbocycles. The minimum Gasteiger partial charge on any atom is -0.497 e. The maximum Gasteiger partial charge on any atom is 0.119 e. The number of hydrogen-bond acceptors (Lipinski definition) is 2. The zero-order chi connectivity index (χ0) is 13.0. The van der Waals surface area contributed by atoms with Crippen LogP contribution < -0.4 is 10.1 Å². The van der Waals surface area contributed by atoms with Gasteiger partial charge in [-0.1, -0.05) is 19.9 Å². The maximum absolute atomic E-state index is 5.33. The average molecular weight is 247 g/mol. The highest BCUT2D eigenvalue weighted by Gasteiger charge is 2.24. The highest BCUT2D eigenvalue weighted by atomic mass is 16.5. The van der Waals surface area contributed by atoms with Gasteiger partial charge in [0.15, 0.2) is 0 Å². The second kappa shape index (κ2) is 6.24. The molecule has 0 spiro atoms. The van der Waals surface area contributed by atoms with Crippen LogP contribution in [0.25, 0.3) is 0 Å². The Morgan fingerprint density at radius 3 is 2.83 bits per heavy atom. The van der Waals surface area contributed by atoms with E-state index < -0.39 is 0 Å². The van der Waals surface area contributed by atoms with Crippen molar-refractivity contribution in [2.45, 2.75) is 45.6 Å². The van der Waals surface area contributed by atoms with Crippen molar-refractivity contribution in [3.8, 4) is 5.75 Å². The van der Waals surface area contributed by atoms with Crippen molar-refractivity contribution in [3.63, 3.8) is 0 Å². The summed E-state index contributed by atoms with van der Waals surface area (Å²) in [5, 5.41) is 3.63. The predicted octanol–water partition coefficient (Wildman–Crippen LogP) is 3.19. The topological polar surface area (TPSA) is 21.3 Å². The Morgan fingerprint density at radius 1 is 1.33 bits per heavy atom. The van der Waals surface area contributed by atoms with Crippen LogP contribution in [0.1, 0.15) is 37.8 Å². The lowest BCUT2D eigenvalue weighted by molar-refractivity contribution is 0.316. The largest absolute Gasteiger partial charge is 0.497 e. The maximum atomic E-state index is 5.33. The number of benzene rings is 1. The van der Waals surface area contributed by atoms with Crippen molar-refractivity contribution in [3.05, 3.63) is 29.3 Å². The van der Waals surface area contributed by atoms with Gasteiger partial charge in [0.1, 0.15) is 5.75 Å². The summed E-state index contributed by atoms with van der Waals surface area (Å²) >= 11 is 0. The molecule has 2 heteroatoms. The number of nitrogens with one attached hydrogen (secondary N) is 1. The Labute approximate surface area is 111 Å². The van der Waals surface area contributed by atoms with Crippen LogP contribution in [-0.2, 0) is 12.8 Å². The van der Waals surface area contributed by atoms with Crippen molar-refractivity contribution < 1.29 is 4.74 Å². The fourth-order valence-corrected chi connectivity index (χ4v) is 3.14. The van der Waals surface area contributed by atoms with Gasteiger partial charge in [-0.2, -0.15) is 0 Å². The Bertz CT molecular complexity index is 389. The number of hydrogen-bond donors (Lipinski definition) is 1. The molecule has 2 rings (SSSR count). The van der Waals surface area contributed by atoms with Crippen LogP contribution in [0.5, 0.6) is 5.75 Å². The van der Waals surface area contributed by atoms with E-state index in [1.807, 2.05) is 0 Å². The van der Waals surface area contributed by atoms with Gasteiger partial charge in [0.2, 0.25) is 0 Å². The second-order valence-electron chi connectivity index (χ2n) is 5.21. The van der Waals surface area contributed by atoms with Gasteiger partial charge in [0, 0.05) is 6.04 Å². The minimum absolute atomic E-state index is 0.661. The molecular weight excluding hydrogens is 222 g/mol. The Kier molecular flexibility index (Phi) is 4.65. The predicted molar refractivity (Wildman–Crippen MR) is 76.3 cm³/mol. The van der Waals surface area contributed by atoms with E-state index in [-0.39, 0.29) is 0 Å². The summed E-state index contributed by atoms with van der Waals surface area (Å²) in [6, 6.07) is 7.20. The van der Waals surface area contributed by atoms with Gasteiger partial charge in [0.05, 0.1) is 7.11 Å². The van der Waals surface area contributed by atoms with Crippen LogP contribution >= 0.6 is 0 Å². The normalized spacial score (nSPS) is 20.3. The lowest BCUT2D eigenvalue weighted by Gasteiger charge is -2.31. The first-order chi connectivity index (χ1) is 8.78. The molecule has 0 fully saturated rings. The Hall–Kier alpha value is -1.02. The number of rotatable bonds is 5. The highest BCUT2D eigenvalue weighted by molar-refractivity contribution is 5.37. The smallest absolute Gasteiger partial charge is 0.119 e. The SMILES string of the molecule is CCNC(CC)C1CCc2ccc(OC)cc2C1. The van der Waals surface area contributed by atoms with E-state index in [0.29, 0.717) is 6.04 Å². The fourth-order valence-electron chi connectivity index (χ4n) is 3.14. The van der Waals surface area contributed by atoms with Gasteiger partial charge >= 0.3 is 0 Å². The molecule has 2 nitrogen and oxygen atoms in total. The third-order valence-corrected chi connectivity index (χ3v) is 4.16. The zero-order valence-corrected chi connectivity index (χ0v) is 11.8. The lowest BCUT2D eigenvalue weighted by atomic mass is 9.79. The third kappa shape index (κ3) is 2.86. The van der Waals surface area contributed by atoms with Crippen LogP contribution in [0.2, 0.25) is 0 Å². The number of methoxy groups -OCH3 is 1. The van der Waals surface area contributed by atoms with Crippen molar-refractivity contribution in [1.29, 1.82) is 0 Å². The van der Waals surface area contributed by atoms with Crippen molar-refractivity contribution in [2.75, 3.05) is 13.7 Å². The van der Waals surface area contributed by atoms with E-state index in [4.69, 9.17) is 4.74 Å². The molecule has 1 aromatic rings. The Morgan fingerprint density at radius 2 is 2.17 bits per heavy atom. The molecule has 1 aromatic carbocycles. The van der Waals surface area contributed by atoms with Crippen molar-refractivity contribution >= 4 is 0 Å². The van der Waals surface area contributed by atoms with E-state index in [9.17, 15) is 0 Å². The molecule has 1 aliphatic rings. The molecule has 0 radical (unpaired) electrons. The van der Waals surface area contributed by atoms with E-state index >= 15 is 0 Å². The highest BCUT2D eigenvalue weighted by Crippen LogP contribution is 2.30. The molecule has 0 amide bonds. The van der Waals surface area contributed by atoms with E-state index in [2.05, 4.69) is 37.4 Å². The number of fused-ring (bicyclic) bond motifs is 1. The molecule has 0 saturated heterocycles. The molecule has 2 unspecified atom stereocenters. The average Bonchev–Trinajstić information content (AvgIpc) is 2.43. The zero-order valence-electron chi connectivity index (χ0n) is 11.8. The van der Waals surface area contributed by atoms with Crippen molar-refractivity contribution in [2.24, 2.45) is 5.92 Å². The van der Waals surface area contributed by atoms with E-state index in [1.54, 1.807) is 7.11 Å². The quantitative estimate of drug-likeness (QED) is 0.863.